The van der Waals surface area contributed by atoms with E-state index in [2.05, 4.69) is 0 Å². The lowest BCUT2D eigenvalue weighted by atomic mass is 10.2. The van der Waals surface area contributed by atoms with Gasteiger partial charge in [-0.2, -0.15) is 0 Å². The molecule has 0 amide bonds. The molecule has 0 atom stereocenters. The lowest BCUT2D eigenvalue weighted by molar-refractivity contribution is 0.0686. The van der Waals surface area contributed by atoms with E-state index in [-0.39, 0.29) is 11.0 Å². The number of carboxylic acid groups (broad SMARTS) is 2. The second-order valence-electron chi connectivity index (χ2n) is 3.34. The second-order valence-corrected chi connectivity index (χ2v) is 3.34. The number of hydrogen-bond donors (Lipinski definition) is 2. The van der Waals surface area contributed by atoms with E-state index in [9.17, 15) is 9.59 Å². The van der Waals surface area contributed by atoms with Gasteiger partial charge in [0.15, 0.2) is 0 Å². The van der Waals surface area contributed by atoms with Crippen LogP contribution in [0.15, 0.2) is 60.7 Å². The van der Waals surface area contributed by atoms with Crippen molar-refractivity contribution >= 4 is 11.9 Å². The molecule has 2 aromatic rings. The van der Waals surface area contributed by atoms with Gasteiger partial charge in [0.2, 0.25) is 0 Å². The molecule has 6 heteroatoms. The Hall–Kier alpha value is -2.70. The summed E-state index contributed by atoms with van der Waals surface area (Å²) in [6.07, 6.45) is 0. The Bertz CT molecular complexity index is 460. The van der Waals surface area contributed by atoms with Crippen LogP contribution in [-0.2, 0) is 0 Å². The summed E-state index contributed by atoms with van der Waals surface area (Å²) < 4.78 is 0. The minimum atomic E-state index is -0.879. The average Bonchev–Trinajstić information content (AvgIpc) is 2.41. The highest BCUT2D eigenvalue weighted by atomic mass is 16.4. The van der Waals surface area contributed by atoms with Crippen molar-refractivity contribution in [2.75, 3.05) is 0 Å². The molecule has 0 bridgehead atoms. The quantitative estimate of drug-likeness (QED) is 0.850. The number of benzene rings is 2. The van der Waals surface area contributed by atoms with Gasteiger partial charge in [-0.1, -0.05) is 36.4 Å². The van der Waals surface area contributed by atoms with Gasteiger partial charge < -0.3 is 21.2 Å². The monoisotopic (exact) mass is 280 g/mol. The lowest BCUT2D eigenvalue weighted by Gasteiger charge is -1.88. The maximum Gasteiger partial charge on any atom is 0.335 e. The van der Waals surface area contributed by atoms with Crippen molar-refractivity contribution in [2.24, 2.45) is 0 Å². The molecule has 0 saturated heterocycles. The van der Waals surface area contributed by atoms with Gasteiger partial charge in [0.1, 0.15) is 0 Å². The van der Waals surface area contributed by atoms with Gasteiger partial charge in [0.25, 0.3) is 0 Å². The van der Waals surface area contributed by atoms with Crippen molar-refractivity contribution in [3.05, 3.63) is 71.8 Å². The Balaban J connectivity index is 0. The molecule has 2 rings (SSSR count). The fourth-order valence-corrected chi connectivity index (χ4v) is 1.16. The molecule has 0 aliphatic carbocycles. The second kappa shape index (κ2) is 10.2. The van der Waals surface area contributed by atoms with E-state index in [0.717, 1.165) is 0 Å². The summed E-state index contributed by atoms with van der Waals surface area (Å²) in [5, 5.41) is 16.8. The molecule has 0 heterocycles. The molecule has 0 aromatic heterocycles. The molecule has 0 saturated carbocycles. The Morgan fingerprint density at radius 2 is 0.850 bits per heavy atom. The van der Waals surface area contributed by atoms with Crippen molar-refractivity contribution in [3.63, 3.8) is 0 Å². The predicted octanol–water partition coefficient (Wildman–Crippen LogP) is 1.12. The highest BCUT2D eigenvalue weighted by Crippen LogP contribution is 1.96. The van der Waals surface area contributed by atoms with E-state index in [1.807, 2.05) is 0 Å². The standard InChI is InChI=1S/2C7H6O2.2H2O/c2*8-7(9)6-4-2-1-3-5-6;;/h2*1-5H,(H,8,9);2*1H2. The zero-order valence-corrected chi connectivity index (χ0v) is 10.5. The molecule has 0 aliphatic rings. The normalized spacial score (nSPS) is 8.00. The van der Waals surface area contributed by atoms with Gasteiger partial charge >= 0.3 is 11.9 Å². The van der Waals surface area contributed by atoms with Crippen molar-refractivity contribution in [3.8, 4) is 0 Å². The molecule has 2 aromatic carbocycles. The first-order valence-corrected chi connectivity index (χ1v) is 5.18. The molecule has 108 valence electrons. The SMILES string of the molecule is O.O.O=C(O)c1ccccc1.O=C(O)c1ccccc1. The van der Waals surface area contributed by atoms with Gasteiger partial charge in [-0.05, 0) is 24.3 Å². The smallest absolute Gasteiger partial charge is 0.335 e. The van der Waals surface area contributed by atoms with E-state index in [1.54, 1.807) is 60.7 Å². The zero-order chi connectivity index (χ0) is 13.4. The van der Waals surface area contributed by atoms with Crippen LogP contribution in [0.1, 0.15) is 20.7 Å². The molecular formula is C14H16O6. The Morgan fingerprint density at radius 1 is 0.600 bits per heavy atom. The fourth-order valence-electron chi connectivity index (χ4n) is 1.16. The lowest BCUT2D eigenvalue weighted by Crippen LogP contribution is -1.93. The summed E-state index contributed by atoms with van der Waals surface area (Å²) in [7, 11) is 0. The largest absolute Gasteiger partial charge is 0.478 e. The minimum absolute atomic E-state index is 0. The highest BCUT2D eigenvalue weighted by Gasteiger charge is 1.97. The maximum atomic E-state index is 10.2. The first-order chi connectivity index (χ1) is 8.61. The van der Waals surface area contributed by atoms with Crippen molar-refractivity contribution in [2.45, 2.75) is 0 Å². The van der Waals surface area contributed by atoms with E-state index in [1.165, 1.54) is 0 Å². The fraction of sp³-hybridized carbons (Fsp3) is 0. The van der Waals surface area contributed by atoms with Crippen LogP contribution >= 0.6 is 0 Å². The van der Waals surface area contributed by atoms with Crippen LogP contribution in [0.4, 0.5) is 0 Å². The highest BCUT2D eigenvalue weighted by molar-refractivity contribution is 5.87. The molecule has 0 radical (unpaired) electrons. The van der Waals surface area contributed by atoms with E-state index in [0.29, 0.717) is 11.1 Å². The van der Waals surface area contributed by atoms with E-state index < -0.39 is 11.9 Å². The van der Waals surface area contributed by atoms with Gasteiger partial charge in [-0.3, -0.25) is 0 Å². The number of carbonyl (C=O) groups is 2. The molecular weight excluding hydrogens is 264 g/mol. The van der Waals surface area contributed by atoms with Gasteiger partial charge in [-0.25, -0.2) is 9.59 Å². The van der Waals surface area contributed by atoms with Crippen molar-refractivity contribution < 1.29 is 30.8 Å². The molecule has 6 N–H and O–H groups in total. The predicted molar refractivity (Wildman–Crippen MR) is 74.0 cm³/mol. The molecule has 20 heavy (non-hydrogen) atoms. The third-order valence-corrected chi connectivity index (χ3v) is 2.04. The third-order valence-electron chi connectivity index (χ3n) is 2.04. The molecule has 0 spiro atoms. The first kappa shape index (κ1) is 19.6. The maximum absolute atomic E-state index is 10.2. The summed E-state index contributed by atoms with van der Waals surface area (Å²) in [4.78, 5) is 20.4. The summed E-state index contributed by atoms with van der Waals surface area (Å²) in [5.41, 5.74) is 0.662. The molecule has 6 nitrogen and oxygen atoms in total. The number of aromatic carboxylic acids is 2. The summed E-state index contributed by atoms with van der Waals surface area (Å²) in [6, 6.07) is 16.6. The Labute approximate surface area is 115 Å². The van der Waals surface area contributed by atoms with Crippen molar-refractivity contribution in [1.29, 1.82) is 0 Å². The minimum Gasteiger partial charge on any atom is -0.478 e. The number of carboxylic acids is 2. The van der Waals surface area contributed by atoms with Crippen molar-refractivity contribution in [1.82, 2.24) is 0 Å². The van der Waals surface area contributed by atoms with Crippen LogP contribution in [0.3, 0.4) is 0 Å². The molecule has 0 unspecified atom stereocenters. The zero-order valence-electron chi connectivity index (χ0n) is 10.5. The average molecular weight is 280 g/mol. The molecule has 0 aliphatic heterocycles. The van der Waals surface area contributed by atoms with Crippen LogP contribution in [0.25, 0.3) is 0 Å². The number of rotatable bonds is 2. The summed E-state index contributed by atoms with van der Waals surface area (Å²) >= 11 is 0. The van der Waals surface area contributed by atoms with Gasteiger partial charge in [0, 0.05) is 0 Å². The van der Waals surface area contributed by atoms with Crippen LogP contribution in [-0.4, -0.2) is 33.1 Å². The topological polar surface area (TPSA) is 138 Å². The molecule has 0 fully saturated rings. The van der Waals surface area contributed by atoms with Gasteiger partial charge in [-0.15, -0.1) is 0 Å². The van der Waals surface area contributed by atoms with Crippen LogP contribution in [0, 0.1) is 0 Å². The third kappa shape index (κ3) is 6.90. The Kier molecular flexibility index (Phi) is 10.1. The number of hydrogen-bond acceptors (Lipinski definition) is 2. The van der Waals surface area contributed by atoms with Crippen LogP contribution in [0.2, 0.25) is 0 Å². The summed E-state index contributed by atoms with van der Waals surface area (Å²) in [5.74, 6) is -1.76. The Morgan fingerprint density at radius 3 is 1.00 bits per heavy atom. The summed E-state index contributed by atoms with van der Waals surface area (Å²) in [6.45, 7) is 0. The first-order valence-electron chi connectivity index (χ1n) is 5.18. The van der Waals surface area contributed by atoms with E-state index >= 15 is 0 Å². The van der Waals surface area contributed by atoms with Gasteiger partial charge in [0.05, 0.1) is 11.1 Å². The van der Waals surface area contributed by atoms with E-state index in [4.69, 9.17) is 10.2 Å². The van der Waals surface area contributed by atoms with Crippen LogP contribution < -0.4 is 0 Å². The van der Waals surface area contributed by atoms with Crippen LogP contribution in [0.5, 0.6) is 0 Å².